The van der Waals surface area contributed by atoms with Crippen molar-refractivity contribution in [2.24, 2.45) is 0 Å². The van der Waals surface area contributed by atoms with Gasteiger partial charge in [-0.25, -0.2) is 4.98 Å². The zero-order valence-corrected chi connectivity index (χ0v) is 13.2. The molecule has 0 aliphatic heterocycles. The van der Waals surface area contributed by atoms with Crippen LogP contribution in [0, 0.1) is 0 Å². The van der Waals surface area contributed by atoms with E-state index in [9.17, 15) is 4.79 Å². The number of pyridine rings is 1. The molecular formula is C17H21N3O2. The van der Waals surface area contributed by atoms with Crippen LogP contribution in [0.3, 0.4) is 0 Å². The zero-order chi connectivity index (χ0) is 15.9. The van der Waals surface area contributed by atoms with Gasteiger partial charge < -0.3 is 15.0 Å². The minimum Gasteiger partial charge on any atom is -0.491 e. The summed E-state index contributed by atoms with van der Waals surface area (Å²) in [5.74, 6) is 0.219. The number of ether oxygens (including phenoxy) is 1. The Balaban J connectivity index is 2.09. The minimum absolute atomic E-state index is 0.274. The van der Waals surface area contributed by atoms with E-state index in [1.54, 1.807) is 18.3 Å². The molecule has 0 spiro atoms. The SMILES string of the molecule is CCOc1cccnc1C(=O)Nc1ccc(CN(C)C)cc1. The van der Waals surface area contributed by atoms with Crippen molar-refractivity contribution in [2.75, 3.05) is 26.0 Å². The Hall–Kier alpha value is -2.40. The fourth-order valence-electron chi connectivity index (χ4n) is 2.08. The third kappa shape index (κ3) is 4.30. The fourth-order valence-corrected chi connectivity index (χ4v) is 2.08. The lowest BCUT2D eigenvalue weighted by Crippen LogP contribution is -2.15. The number of amides is 1. The standard InChI is InChI=1S/C17H21N3O2/c1-4-22-15-6-5-11-18-16(15)17(21)19-14-9-7-13(8-10-14)12-20(2)3/h5-11H,4,12H2,1-3H3,(H,19,21). The van der Waals surface area contributed by atoms with Crippen molar-refractivity contribution in [3.8, 4) is 5.75 Å². The van der Waals surface area contributed by atoms with E-state index >= 15 is 0 Å². The van der Waals surface area contributed by atoms with Crippen molar-refractivity contribution in [3.05, 3.63) is 53.9 Å². The molecule has 5 heteroatoms. The first-order valence-electron chi connectivity index (χ1n) is 7.23. The molecule has 22 heavy (non-hydrogen) atoms. The summed E-state index contributed by atoms with van der Waals surface area (Å²) >= 11 is 0. The summed E-state index contributed by atoms with van der Waals surface area (Å²) in [4.78, 5) is 18.5. The number of benzene rings is 1. The van der Waals surface area contributed by atoms with E-state index in [0.29, 0.717) is 18.1 Å². The van der Waals surface area contributed by atoms with Crippen molar-refractivity contribution < 1.29 is 9.53 Å². The van der Waals surface area contributed by atoms with Gasteiger partial charge in [-0.15, -0.1) is 0 Å². The maximum atomic E-state index is 12.3. The second-order valence-corrected chi connectivity index (χ2v) is 5.17. The maximum Gasteiger partial charge on any atom is 0.278 e. The number of rotatable bonds is 6. The van der Waals surface area contributed by atoms with E-state index < -0.39 is 0 Å². The van der Waals surface area contributed by atoms with E-state index in [0.717, 1.165) is 12.2 Å². The highest BCUT2D eigenvalue weighted by Crippen LogP contribution is 2.18. The van der Waals surface area contributed by atoms with E-state index in [2.05, 4.69) is 15.2 Å². The number of nitrogens with zero attached hydrogens (tertiary/aromatic N) is 2. The lowest BCUT2D eigenvalue weighted by Gasteiger charge is -2.11. The summed E-state index contributed by atoms with van der Waals surface area (Å²) < 4.78 is 5.43. The number of hydrogen-bond donors (Lipinski definition) is 1. The quantitative estimate of drug-likeness (QED) is 0.891. The Morgan fingerprint density at radius 3 is 2.59 bits per heavy atom. The molecule has 1 amide bonds. The van der Waals surface area contributed by atoms with E-state index in [1.165, 1.54) is 5.56 Å². The molecule has 0 radical (unpaired) electrons. The molecule has 0 atom stereocenters. The van der Waals surface area contributed by atoms with Gasteiger partial charge in [0.15, 0.2) is 11.4 Å². The number of anilines is 1. The third-order valence-electron chi connectivity index (χ3n) is 3.00. The van der Waals surface area contributed by atoms with Crippen LogP contribution in [0.2, 0.25) is 0 Å². The molecule has 2 aromatic rings. The van der Waals surface area contributed by atoms with Crippen LogP contribution in [0.25, 0.3) is 0 Å². The summed E-state index contributed by atoms with van der Waals surface area (Å²) in [5, 5.41) is 2.84. The molecule has 0 aliphatic rings. The molecule has 1 aromatic carbocycles. The molecule has 0 saturated carbocycles. The first kappa shape index (κ1) is 16.0. The summed E-state index contributed by atoms with van der Waals surface area (Å²) in [6.07, 6.45) is 1.58. The first-order valence-corrected chi connectivity index (χ1v) is 7.23. The third-order valence-corrected chi connectivity index (χ3v) is 3.00. The molecule has 0 bridgehead atoms. The van der Waals surface area contributed by atoms with Gasteiger partial charge in [0, 0.05) is 18.4 Å². The largest absolute Gasteiger partial charge is 0.491 e. The van der Waals surface area contributed by atoms with Gasteiger partial charge in [0.2, 0.25) is 0 Å². The Labute approximate surface area is 130 Å². The van der Waals surface area contributed by atoms with E-state index in [4.69, 9.17) is 4.74 Å². The van der Waals surface area contributed by atoms with Crippen LogP contribution >= 0.6 is 0 Å². The van der Waals surface area contributed by atoms with E-state index in [-0.39, 0.29) is 5.91 Å². The highest BCUT2D eigenvalue weighted by molar-refractivity contribution is 6.04. The molecule has 0 fully saturated rings. The monoisotopic (exact) mass is 299 g/mol. The average molecular weight is 299 g/mol. The molecule has 5 nitrogen and oxygen atoms in total. The van der Waals surface area contributed by atoms with Gasteiger partial charge in [0.05, 0.1) is 6.61 Å². The second kappa shape index (κ2) is 7.56. The minimum atomic E-state index is -0.274. The average Bonchev–Trinajstić information content (AvgIpc) is 2.49. The predicted molar refractivity (Wildman–Crippen MR) is 87.2 cm³/mol. The van der Waals surface area contributed by atoms with Gasteiger partial charge in [0.25, 0.3) is 5.91 Å². The number of hydrogen-bond acceptors (Lipinski definition) is 4. The molecule has 0 unspecified atom stereocenters. The fraction of sp³-hybridized carbons (Fsp3) is 0.294. The smallest absolute Gasteiger partial charge is 0.278 e. The number of aromatic nitrogens is 1. The second-order valence-electron chi connectivity index (χ2n) is 5.17. The van der Waals surface area contributed by atoms with Gasteiger partial charge >= 0.3 is 0 Å². The van der Waals surface area contributed by atoms with Crippen LogP contribution < -0.4 is 10.1 Å². The number of nitrogens with one attached hydrogen (secondary N) is 1. The zero-order valence-electron chi connectivity index (χ0n) is 13.2. The van der Waals surface area contributed by atoms with Gasteiger partial charge in [-0.1, -0.05) is 12.1 Å². The van der Waals surface area contributed by atoms with Gasteiger partial charge in [0.1, 0.15) is 0 Å². The van der Waals surface area contributed by atoms with Crippen LogP contribution in [0.1, 0.15) is 23.0 Å². The Kier molecular flexibility index (Phi) is 5.49. The van der Waals surface area contributed by atoms with Gasteiger partial charge in [-0.3, -0.25) is 4.79 Å². The summed E-state index contributed by atoms with van der Waals surface area (Å²) in [6, 6.07) is 11.3. The van der Waals surface area contributed by atoms with Crippen molar-refractivity contribution in [3.63, 3.8) is 0 Å². The van der Waals surface area contributed by atoms with Crippen LogP contribution in [0.5, 0.6) is 5.75 Å². The highest BCUT2D eigenvalue weighted by Gasteiger charge is 2.13. The first-order chi connectivity index (χ1) is 10.6. The predicted octanol–water partition coefficient (Wildman–Crippen LogP) is 2.79. The molecular weight excluding hydrogens is 278 g/mol. The van der Waals surface area contributed by atoms with Gasteiger partial charge in [-0.2, -0.15) is 0 Å². The molecule has 0 saturated heterocycles. The van der Waals surface area contributed by atoms with E-state index in [1.807, 2.05) is 45.3 Å². The number of carbonyl (C=O) groups excluding carboxylic acids is 1. The van der Waals surface area contributed by atoms with Crippen molar-refractivity contribution in [1.29, 1.82) is 0 Å². The lowest BCUT2D eigenvalue weighted by atomic mass is 10.2. The summed E-state index contributed by atoms with van der Waals surface area (Å²) in [6.45, 7) is 3.23. The van der Waals surface area contributed by atoms with Crippen molar-refractivity contribution in [1.82, 2.24) is 9.88 Å². The van der Waals surface area contributed by atoms with Crippen molar-refractivity contribution in [2.45, 2.75) is 13.5 Å². The van der Waals surface area contributed by atoms with Crippen molar-refractivity contribution >= 4 is 11.6 Å². The molecule has 1 N–H and O–H groups in total. The Bertz CT molecular complexity index is 624. The van der Waals surface area contributed by atoms with Gasteiger partial charge in [-0.05, 0) is 50.8 Å². The maximum absolute atomic E-state index is 12.3. The molecule has 1 heterocycles. The molecule has 0 aliphatic carbocycles. The molecule has 2 rings (SSSR count). The lowest BCUT2D eigenvalue weighted by molar-refractivity contribution is 0.101. The molecule has 116 valence electrons. The summed E-state index contributed by atoms with van der Waals surface area (Å²) in [5.41, 5.74) is 2.22. The van der Waals surface area contributed by atoms with Crippen LogP contribution in [0.4, 0.5) is 5.69 Å². The van der Waals surface area contributed by atoms with Crippen LogP contribution in [-0.2, 0) is 6.54 Å². The molecule has 1 aromatic heterocycles. The highest BCUT2D eigenvalue weighted by atomic mass is 16.5. The Morgan fingerprint density at radius 2 is 1.95 bits per heavy atom. The summed E-state index contributed by atoms with van der Waals surface area (Å²) in [7, 11) is 4.04. The normalized spacial score (nSPS) is 10.5. The van der Waals surface area contributed by atoms with Crippen LogP contribution in [-0.4, -0.2) is 36.5 Å². The number of carbonyl (C=O) groups is 1. The van der Waals surface area contributed by atoms with Crippen LogP contribution in [0.15, 0.2) is 42.6 Å². The Morgan fingerprint density at radius 1 is 1.23 bits per heavy atom. The topological polar surface area (TPSA) is 54.5 Å².